The Morgan fingerprint density at radius 3 is 0.760 bits per heavy atom. The first-order valence-corrected chi connectivity index (χ1v) is 8.09. The fraction of sp³-hybridized carbons (Fsp3) is 0.750. The molecule has 2 aliphatic rings. The molecule has 0 aromatic carbocycles. The van der Waals surface area contributed by atoms with Crippen LogP contribution in [0.1, 0.15) is 51.4 Å². The van der Waals surface area contributed by atoms with Gasteiger partial charge in [-0.05, 0) is 25.7 Å². The van der Waals surface area contributed by atoms with Crippen molar-refractivity contribution in [2.24, 2.45) is 23.7 Å². The number of hydrogen-bond acceptors (Lipinski definition) is 8. The van der Waals surface area contributed by atoms with Crippen LogP contribution in [0.25, 0.3) is 0 Å². The van der Waals surface area contributed by atoms with E-state index in [-0.39, 0.29) is 21.7 Å². The number of rotatable bonds is 4. The van der Waals surface area contributed by atoms with Gasteiger partial charge in [0, 0.05) is 47.5 Å². The van der Waals surface area contributed by atoms with Gasteiger partial charge in [-0.2, -0.15) is 0 Å². The standard InChI is InChI=1S/2C8H12O4.Ti/c2*9-7(10)5-3-1-2-4-6(5)8(11)12;/h2*5-6H,1-4H2,(H,9,10)(H,11,12);/q;;+4/p-4. The van der Waals surface area contributed by atoms with Crippen molar-refractivity contribution in [3.8, 4) is 0 Å². The Morgan fingerprint density at radius 1 is 0.480 bits per heavy atom. The third kappa shape index (κ3) is 7.16. The zero-order valence-corrected chi connectivity index (χ0v) is 15.3. The number of carbonyl (C=O) groups is 4. The van der Waals surface area contributed by atoms with E-state index < -0.39 is 47.5 Å². The molecule has 9 heteroatoms. The van der Waals surface area contributed by atoms with Gasteiger partial charge in [-0.3, -0.25) is 0 Å². The van der Waals surface area contributed by atoms with Gasteiger partial charge < -0.3 is 39.6 Å². The summed E-state index contributed by atoms with van der Waals surface area (Å²) >= 11 is 0. The van der Waals surface area contributed by atoms with Crippen LogP contribution >= 0.6 is 0 Å². The Hall–Kier alpha value is -1.41. The predicted octanol–water partition coefficient (Wildman–Crippen LogP) is -3.42. The summed E-state index contributed by atoms with van der Waals surface area (Å²) in [4.78, 5) is 41.9. The van der Waals surface area contributed by atoms with E-state index in [0.717, 1.165) is 25.7 Å². The van der Waals surface area contributed by atoms with E-state index in [2.05, 4.69) is 0 Å². The molecule has 0 amide bonds. The van der Waals surface area contributed by atoms with Gasteiger partial charge in [-0.25, -0.2) is 0 Å². The Morgan fingerprint density at radius 2 is 0.640 bits per heavy atom. The van der Waals surface area contributed by atoms with Crippen LogP contribution in [0.4, 0.5) is 0 Å². The van der Waals surface area contributed by atoms with Gasteiger partial charge >= 0.3 is 21.7 Å². The Bertz CT molecular complexity index is 405. The topological polar surface area (TPSA) is 161 Å². The number of carboxylic acids is 4. The molecule has 2 rings (SSSR count). The molecule has 8 nitrogen and oxygen atoms in total. The molecule has 0 spiro atoms. The summed E-state index contributed by atoms with van der Waals surface area (Å²) in [7, 11) is 0. The Balaban J connectivity index is 0.000000443. The molecule has 4 unspecified atom stereocenters. The minimum absolute atomic E-state index is 0. The quantitative estimate of drug-likeness (QED) is 0.450. The first-order chi connectivity index (χ1) is 11.3. The summed E-state index contributed by atoms with van der Waals surface area (Å²) in [6, 6.07) is 0. The van der Waals surface area contributed by atoms with Crippen LogP contribution in [0.2, 0.25) is 0 Å². The number of carboxylic acid groups (broad SMARTS) is 4. The van der Waals surface area contributed by atoms with Gasteiger partial charge in [0.1, 0.15) is 0 Å². The summed E-state index contributed by atoms with van der Waals surface area (Å²) < 4.78 is 0. The molecule has 0 bridgehead atoms. The summed E-state index contributed by atoms with van der Waals surface area (Å²) in [5.41, 5.74) is 0. The van der Waals surface area contributed by atoms with Gasteiger partial charge in [-0.15, -0.1) is 0 Å². The molecular formula is C16H20O8Ti. The molecule has 0 aromatic rings. The van der Waals surface area contributed by atoms with E-state index >= 15 is 0 Å². The molecule has 2 fully saturated rings. The van der Waals surface area contributed by atoms with Crippen LogP contribution in [0.5, 0.6) is 0 Å². The summed E-state index contributed by atoms with van der Waals surface area (Å²) in [6.07, 6.45) is 4.68. The second-order valence-electron chi connectivity index (χ2n) is 6.27. The summed E-state index contributed by atoms with van der Waals surface area (Å²) in [6.45, 7) is 0. The van der Waals surface area contributed by atoms with E-state index in [0.29, 0.717) is 25.7 Å². The summed E-state index contributed by atoms with van der Waals surface area (Å²) in [5.74, 6) is -8.42. The number of aliphatic carboxylic acids is 4. The molecule has 0 aliphatic heterocycles. The van der Waals surface area contributed by atoms with Gasteiger partial charge in [0.2, 0.25) is 0 Å². The van der Waals surface area contributed by atoms with E-state index in [1.807, 2.05) is 0 Å². The van der Waals surface area contributed by atoms with Crippen molar-refractivity contribution >= 4 is 23.9 Å². The fourth-order valence-corrected chi connectivity index (χ4v) is 3.39. The Kier molecular flexibility index (Phi) is 10.6. The van der Waals surface area contributed by atoms with Crippen LogP contribution in [-0.4, -0.2) is 23.9 Å². The minimum atomic E-state index is -1.26. The Labute approximate surface area is 160 Å². The van der Waals surface area contributed by atoms with Gasteiger partial charge in [0.15, 0.2) is 0 Å². The normalized spacial score (nSPS) is 28.5. The molecule has 0 N–H and O–H groups in total. The molecule has 2 aliphatic carbocycles. The molecule has 0 saturated heterocycles. The van der Waals surface area contributed by atoms with Crippen molar-refractivity contribution in [3.05, 3.63) is 0 Å². The maximum absolute atomic E-state index is 10.5. The molecular weight excluding hydrogens is 368 g/mol. The monoisotopic (exact) mass is 388 g/mol. The van der Waals surface area contributed by atoms with E-state index in [9.17, 15) is 39.6 Å². The van der Waals surface area contributed by atoms with Crippen LogP contribution in [-0.2, 0) is 40.9 Å². The SMILES string of the molecule is O=C([O-])C1CCCCC1C(=O)[O-].O=C([O-])C1CCCCC1C(=O)[O-].[Ti+4]. The molecule has 136 valence electrons. The molecule has 2 saturated carbocycles. The number of carbonyl (C=O) groups excluding carboxylic acids is 4. The third-order valence-electron chi connectivity index (χ3n) is 4.74. The molecule has 0 aromatic heterocycles. The van der Waals surface area contributed by atoms with E-state index in [1.54, 1.807) is 0 Å². The van der Waals surface area contributed by atoms with E-state index in [1.165, 1.54) is 0 Å². The van der Waals surface area contributed by atoms with Crippen molar-refractivity contribution in [3.63, 3.8) is 0 Å². The van der Waals surface area contributed by atoms with Crippen LogP contribution in [0.15, 0.2) is 0 Å². The fourth-order valence-electron chi connectivity index (χ4n) is 3.39. The van der Waals surface area contributed by atoms with Gasteiger partial charge in [0.05, 0.1) is 0 Å². The number of hydrogen-bond donors (Lipinski definition) is 0. The average Bonchev–Trinajstić information content (AvgIpc) is 2.55. The van der Waals surface area contributed by atoms with Crippen molar-refractivity contribution in [2.45, 2.75) is 51.4 Å². The van der Waals surface area contributed by atoms with Gasteiger partial charge in [-0.1, -0.05) is 25.7 Å². The average molecular weight is 388 g/mol. The van der Waals surface area contributed by atoms with E-state index in [4.69, 9.17) is 0 Å². The van der Waals surface area contributed by atoms with Gasteiger partial charge in [0.25, 0.3) is 0 Å². The van der Waals surface area contributed by atoms with Crippen LogP contribution in [0.3, 0.4) is 0 Å². The maximum atomic E-state index is 10.5. The van der Waals surface area contributed by atoms with Crippen molar-refractivity contribution in [2.75, 3.05) is 0 Å². The van der Waals surface area contributed by atoms with Crippen molar-refractivity contribution < 1.29 is 61.3 Å². The first-order valence-electron chi connectivity index (χ1n) is 8.09. The van der Waals surface area contributed by atoms with Crippen LogP contribution < -0.4 is 20.4 Å². The minimum Gasteiger partial charge on any atom is -0.550 e. The first kappa shape index (κ1) is 23.6. The second kappa shape index (κ2) is 11.3. The second-order valence-corrected chi connectivity index (χ2v) is 6.27. The van der Waals surface area contributed by atoms with Crippen molar-refractivity contribution in [1.82, 2.24) is 0 Å². The largest absolute Gasteiger partial charge is 4.00 e. The predicted molar refractivity (Wildman–Crippen MR) is 70.9 cm³/mol. The zero-order valence-electron chi connectivity index (χ0n) is 13.7. The molecule has 4 atom stereocenters. The smallest absolute Gasteiger partial charge is 0.550 e. The third-order valence-corrected chi connectivity index (χ3v) is 4.74. The van der Waals surface area contributed by atoms with Crippen LogP contribution in [0, 0.1) is 23.7 Å². The molecule has 25 heavy (non-hydrogen) atoms. The van der Waals surface area contributed by atoms with Crippen molar-refractivity contribution in [1.29, 1.82) is 0 Å². The zero-order chi connectivity index (χ0) is 18.3. The molecule has 0 heterocycles. The molecule has 0 radical (unpaired) electrons. The summed E-state index contributed by atoms with van der Waals surface area (Å²) in [5, 5.41) is 41.9. The maximum Gasteiger partial charge on any atom is 4.00 e.